The molecule has 1 unspecified atom stereocenters. The van der Waals surface area contributed by atoms with Crippen molar-refractivity contribution in [3.8, 4) is 11.5 Å². The number of guanidine groups is 1. The van der Waals surface area contributed by atoms with Crippen molar-refractivity contribution in [3.63, 3.8) is 0 Å². The summed E-state index contributed by atoms with van der Waals surface area (Å²) >= 11 is 0. The van der Waals surface area contributed by atoms with Gasteiger partial charge in [-0.3, -0.25) is 0 Å². The van der Waals surface area contributed by atoms with Crippen LogP contribution in [0.4, 0.5) is 0 Å². The Kier molecular flexibility index (Phi) is 6.29. The van der Waals surface area contributed by atoms with Gasteiger partial charge in [-0.1, -0.05) is 17.3 Å². The van der Waals surface area contributed by atoms with Crippen molar-refractivity contribution >= 4 is 5.96 Å². The van der Waals surface area contributed by atoms with Crippen molar-refractivity contribution in [2.45, 2.75) is 32.8 Å². The fraction of sp³-hybridized carbons (Fsp3) is 0.500. The summed E-state index contributed by atoms with van der Waals surface area (Å²) in [6, 6.07) is 7.69. The molecule has 2 heterocycles. The van der Waals surface area contributed by atoms with Crippen LogP contribution in [0.15, 0.2) is 33.8 Å². The Morgan fingerprint density at radius 2 is 2.12 bits per heavy atom. The summed E-state index contributed by atoms with van der Waals surface area (Å²) in [6.07, 6.45) is 1.52. The minimum Gasteiger partial charge on any atom is -0.486 e. The van der Waals surface area contributed by atoms with Crippen LogP contribution < -0.4 is 20.1 Å². The van der Waals surface area contributed by atoms with Gasteiger partial charge in [0, 0.05) is 19.5 Å². The second-order valence-electron chi connectivity index (χ2n) is 5.98. The molecule has 0 bridgehead atoms. The van der Waals surface area contributed by atoms with E-state index in [4.69, 9.17) is 14.0 Å². The average Bonchev–Trinajstić information content (AvgIpc) is 3.08. The number of hydrogen-bond acceptors (Lipinski definition) is 6. The smallest absolute Gasteiger partial charge is 0.226 e. The Hall–Kier alpha value is -2.77. The van der Waals surface area contributed by atoms with Gasteiger partial charge in [-0.05, 0) is 32.4 Å². The summed E-state index contributed by atoms with van der Waals surface area (Å²) in [6.45, 7) is 6.42. The molecule has 1 aromatic heterocycles. The van der Waals surface area contributed by atoms with Gasteiger partial charge in [0.1, 0.15) is 6.61 Å². The van der Waals surface area contributed by atoms with Crippen LogP contribution in [-0.4, -0.2) is 48.4 Å². The van der Waals surface area contributed by atoms with Gasteiger partial charge in [-0.25, -0.2) is 4.99 Å². The van der Waals surface area contributed by atoms with Gasteiger partial charge in [-0.2, -0.15) is 4.98 Å². The molecule has 26 heavy (non-hydrogen) atoms. The van der Waals surface area contributed by atoms with Gasteiger partial charge in [-0.15, -0.1) is 0 Å². The number of ether oxygens (including phenoxy) is 2. The summed E-state index contributed by atoms with van der Waals surface area (Å²) in [7, 11) is 0. The van der Waals surface area contributed by atoms with Gasteiger partial charge in [0.05, 0.1) is 6.54 Å². The van der Waals surface area contributed by atoms with Crippen LogP contribution in [0.25, 0.3) is 0 Å². The van der Waals surface area contributed by atoms with Crippen LogP contribution in [0.3, 0.4) is 0 Å². The largest absolute Gasteiger partial charge is 0.486 e. The molecule has 8 heteroatoms. The number of aryl methyl sites for hydroxylation is 2. The molecule has 2 aromatic rings. The molecule has 8 nitrogen and oxygen atoms in total. The van der Waals surface area contributed by atoms with Crippen molar-refractivity contribution in [1.29, 1.82) is 0 Å². The van der Waals surface area contributed by atoms with Crippen LogP contribution >= 0.6 is 0 Å². The Labute approximate surface area is 153 Å². The normalized spacial score (nSPS) is 16.4. The predicted molar refractivity (Wildman–Crippen MR) is 97.7 cm³/mol. The summed E-state index contributed by atoms with van der Waals surface area (Å²) in [5.41, 5.74) is 0. The quantitative estimate of drug-likeness (QED) is 0.441. The molecular weight excluding hydrogens is 334 g/mol. The topological polar surface area (TPSA) is 93.8 Å². The molecule has 3 rings (SSSR count). The first kappa shape index (κ1) is 18.0. The highest BCUT2D eigenvalue weighted by Gasteiger charge is 2.20. The van der Waals surface area contributed by atoms with E-state index in [9.17, 15) is 0 Å². The molecule has 140 valence electrons. The van der Waals surface area contributed by atoms with E-state index in [1.165, 1.54) is 0 Å². The summed E-state index contributed by atoms with van der Waals surface area (Å²) in [5.74, 6) is 3.65. The fourth-order valence-corrected chi connectivity index (χ4v) is 2.58. The second kappa shape index (κ2) is 9.07. The zero-order valence-electron chi connectivity index (χ0n) is 15.2. The number of rotatable bonds is 7. The van der Waals surface area contributed by atoms with E-state index in [0.717, 1.165) is 43.4 Å². The molecule has 2 N–H and O–H groups in total. The third-order valence-corrected chi connectivity index (χ3v) is 3.79. The molecule has 1 aromatic carbocycles. The molecule has 1 atom stereocenters. The molecule has 1 aliphatic rings. The zero-order valence-corrected chi connectivity index (χ0v) is 15.2. The minimum absolute atomic E-state index is 0.0956. The highest BCUT2D eigenvalue weighted by atomic mass is 16.6. The summed E-state index contributed by atoms with van der Waals surface area (Å²) in [4.78, 5) is 8.79. The summed E-state index contributed by atoms with van der Waals surface area (Å²) < 4.78 is 16.8. The first-order chi connectivity index (χ1) is 12.7. The Morgan fingerprint density at radius 1 is 1.27 bits per heavy atom. The number of aliphatic imine (C=N–C) groups is 1. The maximum Gasteiger partial charge on any atom is 0.226 e. The van der Waals surface area contributed by atoms with E-state index < -0.39 is 0 Å². The van der Waals surface area contributed by atoms with Gasteiger partial charge in [0.25, 0.3) is 0 Å². The van der Waals surface area contributed by atoms with Crippen molar-refractivity contribution < 1.29 is 14.0 Å². The highest BCUT2D eigenvalue weighted by molar-refractivity contribution is 5.79. The summed E-state index contributed by atoms with van der Waals surface area (Å²) in [5, 5.41) is 10.3. The molecule has 0 radical (unpaired) electrons. The Balaban J connectivity index is 1.45. The van der Waals surface area contributed by atoms with Crippen LogP contribution in [-0.2, 0) is 6.42 Å². The lowest BCUT2D eigenvalue weighted by Crippen LogP contribution is -2.40. The van der Waals surface area contributed by atoms with Crippen LogP contribution in [0, 0.1) is 6.92 Å². The first-order valence-corrected chi connectivity index (χ1v) is 8.94. The van der Waals surface area contributed by atoms with Crippen LogP contribution in [0.1, 0.15) is 25.1 Å². The number of benzene rings is 1. The molecule has 0 aliphatic carbocycles. The van der Waals surface area contributed by atoms with E-state index in [2.05, 4.69) is 25.8 Å². The molecule has 0 amide bonds. The zero-order chi connectivity index (χ0) is 18.2. The fourth-order valence-electron chi connectivity index (χ4n) is 2.58. The molecule has 0 saturated heterocycles. The van der Waals surface area contributed by atoms with Crippen molar-refractivity contribution in [2.24, 2.45) is 4.99 Å². The lowest BCUT2D eigenvalue weighted by Gasteiger charge is -2.25. The van der Waals surface area contributed by atoms with Crippen molar-refractivity contribution in [3.05, 3.63) is 36.0 Å². The number of nitrogens with zero attached hydrogens (tertiary/aromatic N) is 3. The lowest BCUT2D eigenvalue weighted by molar-refractivity contribution is 0.0971. The Bertz CT molecular complexity index is 731. The van der Waals surface area contributed by atoms with E-state index in [0.29, 0.717) is 24.9 Å². The standard InChI is InChI=1S/C18H25N5O3/c1-3-19-18(20-10-6-9-17-22-13(2)23-26-17)21-11-14-12-24-15-7-4-5-8-16(15)25-14/h4-5,7-8,14H,3,6,9-12H2,1-2H3,(H2,19,20,21). The third kappa shape index (κ3) is 5.11. The van der Waals surface area contributed by atoms with Gasteiger partial charge >= 0.3 is 0 Å². The number of fused-ring (bicyclic) bond motifs is 1. The predicted octanol–water partition coefficient (Wildman–Crippen LogP) is 1.71. The SMILES string of the molecule is CCNC(=NCC1COc2ccccc2O1)NCCCc1nc(C)no1. The number of aromatic nitrogens is 2. The second-order valence-corrected chi connectivity index (χ2v) is 5.98. The van der Waals surface area contributed by atoms with Crippen LogP contribution in [0.2, 0.25) is 0 Å². The average molecular weight is 359 g/mol. The maximum absolute atomic E-state index is 5.93. The lowest BCUT2D eigenvalue weighted by atomic mass is 10.2. The molecular formula is C18H25N5O3. The molecule has 0 saturated carbocycles. The van der Waals surface area contributed by atoms with Crippen molar-refractivity contribution in [2.75, 3.05) is 26.2 Å². The highest BCUT2D eigenvalue weighted by Crippen LogP contribution is 2.30. The molecule has 0 fully saturated rings. The van der Waals surface area contributed by atoms with Gasteiger partial charge in [0.2, 0.25) is 5.89 Å². The number of para-hydroxylation sites is 2. The van der Waals surface area contributed by atoms with E-state index >= 15 is 0 Å². The number of nitrogens with one attached hydrogen (secondary N) is 2. The first-order valence-electron chi connectivity index (χ1n) is 8.94. The van der Waals surface area contributed by atoms with Crippen molar-refractivity contribution in [1.82, 2.24) is 20.8 Å². The van der Waals surface area contributed by atoms with E-state index in [1.54, 1.807) is 0 Å². The maximum atomic E-state index is 5.93. The third-order valence-electron chi connectivity index (χ3n) is 3.79. The monoisotopic (exact) mass is 359 g/mol. The Morgan fingerprint density at radius 3 is 2.88 bits per heavy atom. The van der Waals surface area contributed by atoms with E-state index in [-0.39, 0.29) is 6.10 Å². The minimum atomic E-state index is -0.0956. The molecule has 0 spiro atoms. The van der Waals surface area contributed by atoms with E-state index in [1.807, 2.05) is 38.1 Å². The number of hydrogen-bond donors (Lipinski definition) is 2. The van der Waals surface area contributed by atoms with Gasteiger partial charge < -0.3 is 24.6 Å². The van der Waals surface area contributed by atoms with Crippen LogP contribution in [0.5, 0.6) is 11.5 Å². The van der Waals surface area contributed by atoms with Gasteiger partial charge in [0.15, 0.2) is 29.4 Å². The molecule has 1 aliphatic heterocycles.